The van der Waals surface area contributed by atoms with Gasteiger partial charge in [-0.05, 0) is 111 Å². The fourth-order valence-electron chi connectivity index (χ4n) is 17.0. The lowest BCUT2D eigenvalue weighted by Gasteiger charge is -2.61. The minimum atomic E-state index is -1.95. The van der Waals surface area contributed by atoms with Crippen molar-refractivity contribution in [3.05, 3.63) is 0 Å². The average molecular weight is 1230 g/mol. The van der Waals surface area contributed by atoms with Crippen LogP contribution in [0, 0.1) is 52.3 Å². The normalized spacial score (nSPS) is 55.8. The Morgan fingerprint density at radius 2 is 1.01 bits per heavy atom. The lowest BCUT2D eigenvalue weighted by atomic mass is 9.44. The Bertz CT molecular complexity index is 2170. The third-order valence-electron chi connectivity index (χ3n) is 22.2. The van der Waals surface area contributed by atoms with E-state index in [0.717, 1.165) is 38.5 Å². The van der Waals surface area contributed by atoms with Crippen LogP contribution in [0.4, 0.5) is 0 Å². The highest BCUT2D eigenvalue weighted by Crippen LogP contribution is 2.71. The molecule has 0 aromatic heterocycles. The van der Waals surface area contributed by atoms with E-state index < -0.39 is 192 Å². The van der Waals surface area contributed by atoms with E-state index in [1.165, 1.54) is 6.92 Å². The molecule has 6 saturated heterocycles. The minimum Gasteiger partial charge on any atom is -0.394 e. The lowest BCUT2D eigenvalue weighted by molar-refractivity contribution is -0.395. The zero-order chi connectivity index (χ0) is 61.5. The number of fused-ring (bicyclic) bond motifs is 7. The zero-order valence-corrected chi connectivity index (χ0v) is 48.8. The summed E-state index contributed by atoms with van der Waals surface area (Å²) in [5.74, 6) is -0.282. The number of aliphatic hydroxyl groups excluding tert-OH is 16. The molecule has 0 spiro atoms. The molecule has 10 aliphatic rings. The van der Waals surface area contributed by atoms with Crippen molar-refractivity contribution in [2.45, 2.75) is 270 Å². The summed E-state index contributed by atoms with van der Waals surface area (Å²) < 4.78 is 67.0. The Morgan fingerprint density at radius 1 is 0.494 bits per heavy atom. The van der Waals surface area contributed by atoms with Gasteiger partial charge in [0.05, 0.1) is 51.3 Å². The second kappa shape index (κ2) is 26.5. The van der Waals surface area contributed by atoms with Crippen LogP contribution < -0.4 is 0 Å². The van der Waals surface area contributed by atoms with E-state index in [1.807, 2.05) is 6.92 Å². The quantitative estimate of drug-likeness (QED) is 0.0571. The Morgan fingerprint density at radius 3 is 1.61 bits per heavy atom. The fourth-order valence-corrected chi connectivity index (χ4v) is 17.0. The summed E-state index contributed by atoms with van der Waals surface area (Å²) >= 11 is 0. The minimum absolute atomic E-state index is 0.0999. The number of hydrogen-bond acceptors (Lipinski definition) is 28. The van der Waals surface area contributed by atoms with Gasteiger partial charge in [0.15, 0.2) is 37.2 Å². The topological polar surface area (TPSA) is 445 Å². The van der Waals surface area contributed by atoms with Gasteiger partial charge >= 0.3 is 0 Å². The molecule has 0 radical (unpaired) electrons. The average Bonchev–Trinajstić information content (AvgIpc) is 1.64. The molecule has 28 nitrogen and oxygen atoms in total. The van der Waals surface area contributed by atoms with Gasteiger partial charge in [-0.25, -0.2) is 0 Å². The standard InChI is InChI=1S/C57H96O28/c1-21(19-75-50-43(69)40(66)36(62)30(16-58)79-50)8-13-57(74)22(2)34-29(85-57)15-28-26-7-6-24-14-25(9-11-55(24,4)27(26)10-12-56(28,34)5)78-54-49(84-53-46(72)42(68)38(64)32(18-60)81-53)47(73)48(83-52-45(71)39(65)35(61)23(3)77-52)33(82-54)20-76-51-44(70)41(67)37(63)31(17-59)80-51/h21-54,58-74H,6-20H2,1-5H3/t21-,22-,23-,24+,25-,26+,27-,28-,29-,30+,31+,32+,33+,34-,35-,36+,37+,38+,39+,40-,41-,42-,43+,44+,45+,46+,47-,48+,49+,50+,51+,52-,53-,54+,55-,56-,57-/m0/s1. The number of aliphatic hydroxyl groups is 17. The highest BCUT2D eigenvalue weighted by atomic mass is 16.8. The van der Waals surface area contributed by atoms with Crippen LogP contribution in [0.25, 0.3) is 0 Å². The predicted octanol–water partition coefficient (Wildman–Crippen LogP) is -5.10. The van der Waals surface area contributed by atoms with E-state index in [9.17, 15) is 86.8 Å². The Balaban J connectivity index is 0.826. The van der Waals surface area contributed by atoms with Crippen molar-refractivity contribution in [3.63, 3.8) is 0 Å². The highest BCUT2D eigenvalue weighted by molar-refractivity contribution is 5.15. The molecular formula is C57H96O28. The molecule has 17 N–H and O–H groups in total. The third kappa shape index (κ3) is 12.4. The summed E-state index contributed by atoms with van der Waals surface area (Å²) in [5, 5.41) is 182. The van der Waals surface area contributed by atoms with Gasteiger partial charge in [0, 0.05) is 12.3 Å². The molecule has 0 amide bonds. The largest absolute Gasteiger partial charge is 0.394 e. The van der Waals surface area contributed by atoms with Crippen molar-refractivity contribution in [2.75, 3.05) is 33.0 Å². The SMILES string of the molecule is C[C@@H](CC[C@]1(O)O[C@H]2C[C@H]3[C@@H]4CC[C@@H]5C[C@@H](O[C@@H]6O[C@H](CO[C@@H]7O[C@H](CO)[C@@H](O)[C@H](O)[C@H]7O)[C@@H](O[C@@H]7O[C@@H](C)[C@H](O)[C@@H](O)[C@H]7O)[C@H](O)[C@H]6O[C@@H]6O[C@H](CO)[C@@H](O)[C@H](O)[C@H]6O)CC[C@]5(C)[C@H]4CC[C@]3(C)[C@H]2[C@@H]1C)CO[C@@H]1O[C@H](CO)[C@@H](O)[C@H](O)[C@H]1O. The Hall–Kier alpha value is -1.12. The van der Waals surface area contributed by atoms with Gasteiger partial charge in [-0.1, -0.05) is 27.7 Å². The first-order valence-electron chi connectivity index (χ1n) is 30.7. The van der Waals surface area contributed by atoms with Crippen LogP contribution in [0.2, 0.25) is 0 Å². The maximum atomic E-state index is 12.5. The van der Waals surface area contributed by atoms with E-state index in [2.05, 4.69) is 20.8 Å². The van der Waals surface area contributed by atoms with Crippen molar-refractivity contribution in [1.29, 1.82) is 0 Å². The first-order valence-corrected chi connectivity index (χ1v) is 30.7. The summed E-state index contributed by atoms with van der Waals surface area (Å²) in [6.07, 6.45) is -34.1. The van der Waals surface area contributed by atoms with Gasteiger partial charge in [0.25, 0.3) is 0 Å². The van der Waals surface area contributed by atoms with Gasteiger partial charge in [-0.15, -0.1) is 0 Å². The summed E-state index contributed by atoms with van der Waals surface area (Å²) in [6.45, 7) is 7.51. The molecule has 10 fully saturated rings. The molecule has 0 aromatic carbocycles. The molecule has 0 unspecified atom stereocenters. The molecule has 4 saturated carbocycles. The van der Waals surface area contributed by atoms with E-state index in [4.69, 9.17) is 52.1 Å². The molecule has 492 valence electrons. The molecule has 37 atom stereocenters. The predicted molar refractivity (Wildman–Crippen MR) is 283 cm³/mol. The molecule has 85 heavy (non-hydrogen) atoms. The molecule has 6 heterocycles. The Kier molecular flexibility index (Phi) is 20.8. The highest BCUT2D eigenvalue weighted by Gasteiger charge is 2.69. The molecule has 28 heteroatoms. The maximum Gasteiger partial charge on any atom is 0.187 e. The van der Waals surface area contributed by atoms with Gasteiger partial charge in [0.2, 0.25) is 0 Å². The molecule has 4 aliphatic carbocycles. The van der Waals surface area contributed by atoms with E-state index >= 15 is 0 Å². The third-order valence-corrected chi connectivity index (χ3v) is 22.2. The van der Waals surface area contributed by atoms with Crippen molar-refractivity contribution in [2.24, 2.45) is 52.3 Å². The summed E-state index contributed by atoms with van der Waals surface area (Å²) in [7, 11) is 0. The van der Waals surface area contributed by atoms with Gasteiger partial charge in [0.1, 0.15) is 116 Å². The van der Waals surface area contributed by atoms with Crippen LogP contribution in [0.1, 0.15) is 98.8 Å². The first-order chi connectivity index (χ1) is 40.2. The van der Waals surface area contributed by atoms with E-state index in [1.54, 1.807) is 0 Å². The number of rotatable bonds is 18. The lowest BCUT2D eigenvalue weighted by Crippen LogP contribution is -2.67. The summed E-state index contributed by atoms with van der Waals surface area (Å²) in [4.78, 5) is 0. The van der Waals surface area contributed by atoms with Crippen molar-refractivity contribution < 1.29 is 139 Å². The second-order valence-corrected chi connectivity index (χ2v) is 27.1. The summed E-state index contributed by atoms with van der Waals surface area (Å²) in [5.41, 5.74) is -0.212. The molecule has 6 aliphatic heterocycles. The van der Waals surface area contributed by atoms with Crippen LogP contribution in [-0.2, 0) is 52.1 Å². The van der Waals surface area contributed by atoms with Crippen molar-refractivity contribution in [3.8, 4) is 0 Å². The van der Waals surface area contributed by atoms with E-state index in [-0.39, 0.29) is 47.2 Å². The number of ether oxygens (including phenoxy) is 11. The Labute approximate surface area is 493 Å². The van der Waals surface area contributed by atoms with Crippen molar-refractivity contribution in [1.82, 2.24) is 0 Å². The maximum absolute atomic E-state index is 12.5. The fraction of sp³-hybridized carbons (Fsp3) is 1.00. The first kappa shape index (κ1) is 66.8. The van der Waals surface area contributed by atoms with E-state index in [0.29, 0.717) is 43.4 Å². The van der Waals surface area contributed by atoms with Gasteiger partial charge in [-0.2, -0.15) is 0 Å². The smallest absolute Gasteiger partial charge is 0.187 e. The van der Waals surface area contributed by atoms with Crippen LogP contribution in [-0.4, -0.2) is 291 Å². The van der Waals surface area contributed by atoms with Gasteiger partial charge < -0.3 is 139 Å². The van der Waals surface area contributed by atoms with Crippen LogP contribution >= 0.6 is 0 Å². The molecular weight excluding hydrogens is 1130 g/mol. The molecule has 0 bridgehead atoms. The monoisotopic (exact) mass is 1230 g/mol. The van der Waals surface area contributed by atoms with Crippen LogP contribution in [0.5, 0.6) is 0 Å². The summed E-state index contributed by atoms with van der Waals surface area (Å²) in [6, 6.07) is 0. The van der Waals surface area contributed by atoms with Crippen LogP contribution in [0.15, 0.2) is 0 Å². The van der Waals surface area contributed by atoms with Crippen molar-refractivity contribution >= 4 is 0 Å². The zero-order valence-electron chi connectivity index (χ0n) is 48.8. The number of hydrogen-bond donors (Lipinski definition) is 17. The molecule has 10 rings (SSSR count). The van der Waals surface area contributed by atoms with Crippen LogP contribution in [0.3, 0.4) is 0 Å². The molecule has 0 aromatic rings. The second-order valence-electron chi connectivity index (χ2n) is 27.1. The van der Waals surface area contributed by atoms with Gasteiger partial charge in [-0.3, -0.25) is 0 Å².